The quantitative estimate of drug-likeness (QED) is 0.171. The van der Waals surface area contributed by atoms with Crippen LogP contribution in [0.15, 0.2) is 24.3 Å². The Hall–Kier alpha value is -3.26. The fraction of sp³-hybridized carbons (Fsp3) is 0.628. The van der Waals surface area contributed by atoms with Crippen LogP contribution in [0.1, 0.15) is 117 Å². The predicted molar refractivity (Wildman–Crippen MR) is 213 cm³/mol. The SMILES string of the molecule is Cc1cc(Cl)cc(C)c1CC(=O)NC1(C(=O)O)CCC2(CC1)OCCC(CCCC1CCOC3(CCC(NC(=O)Cc4c(C)cc(Cl)cc4C)(C(=O)O)CC3)O1)O2. The van der Waals surface area contributed by atoms with Gasteiger partial charge in [-0.15, -0.1) is 0 Å². The maximum atomic E-state index is 13.2. The molecule has 2 amide bonds. The van der Waals surface area contributed by atoms with Crippen LogP contribution in [0.2, 0.25) is 10.0 Å². The van der Waals surface area contributed by atoms with Crippen LogP contribution in [0.25, 0.3) is 0 Å². The predicted octanol–water partition coefficient (Wildman–Crippen LogP) is 7.21. The molecule has 2 unspecified atom stereocenters. The summed E-state index contributed by atoms with van der Waals surface area (Å²) in [4.78, 5) is 51.6. The highest BCUT2D eigenvalue weighted by Crippen LogP contribution is 2.44. The molecule has 14 heteroatoms. The lowest BCUT2D eigenvalue weighted by atomic mass is 9.77. The topological polar surface area (TPSA) is 170 Å². The summed E-state index contributed by atoms with van der Waals surface area (Å²) in [6.45, 7) is 8.56. The molecule has 2 aromatic rings. The molecule has 2 atom stereocenters. The number of hydrogen-bond donors (Lipinski definition) is 4. The lowest BCUT2D eigenvalue weighted by molar-refractivity contribution is -0.313. The molecule has 57 heavy (non-hydrogen) atoms. The monoisotopic (exact) mass is 830 g/mol. The van der Waals surface area contributed by atoms with Crippen LogP contribution in [-0.2, 0) is 51.0 Å². The maximum absolute atomic E-state index is 13.2. The number of carbonyl (C=O) groups excluding carboxylic acids is 2. The molecule has 2 spiro atoms. The summed E-state index contributed by atoms with van der Waals surface area (Å²) in [5, 5.41) is 27.5. The molecule has 4 N–H and O–H groups in total. The number of carboxylic acid groups (broad SMARTS) is 2. The van der Waals surface area contributed by atoms with E-state index in [-0.39, 0.29) is 62.5 Å². The Labute approximate surface area is 344 Å². The number of ether oxygens (including phenoxy) is 4. The Morgan fingerprint density at radius 2 is 0.947 bits per heavy atom. The lowest BCUT2D eigenvalue weighted by Crippen LogP contribution is -2.61. The molecule has 12 nitrogen and oxygen atoms in total. The smallest absolute Gasteiger partial charge is 0.329 e. The first-order valence-corrected chi connectivity index (χ1v) is 20.9. The summed E-state index contributed by atoms with van der Waals surface area (Å²) in [5.41, 5.74) is 2.40. The minimum absolute atomic E-state index is 0.0642. The van der Waals surface area contributed by atoms with E-state index >= 15 is 0 Å². The highest BCUT2D eigenvalue weighted by Gasteiger charge is 2.53. The van der Waals surface area contributed by atoms with Gasteiger partial charge in [0.05, 0.1) is 38.3 Å². The normalized spacial score (nSPS) is 30.2. The second-order valence-corrected chi connectivity index (χ2v) is 17.6. The maximum Gasteiger partial charge on any atom is 0.329 e. The van der Waals surface area contributed by atoms with Crippen LogP contribution in [0.4, 0.5) is 0 Å². The van der Waals surface area contributed by atoms with Crippen LogP contribution in [-0.4, -0.2) is 82.0 Å². The number of hydrogen-bond acceptors (Lipinski definition) is 8. The number of aryl methyl sites for hydroxylation is 4. The molecule has 2 aromatic carbocycles. The molecule has 4 fully saturated rings. The molecular formula is C43H56Cl2N2O10. The van der Waals surface area contributed by atoms with Crippen molar-refractivity contribution in [3.05, 3.63) is 67.7 Å². The van der Waals surface area contributed by atoms with Gasteiger partial charge in [-0.25, -0.2) is 9.59 Å². The van der Waals surface area contributed by atoms with E-state index in [1.165, 1.54) is 0 Å². The number of nitrogens with one attached hydrogen (secondary N) is 2. The lowest BCUT2D eigenvalue weighted by Gasteiger charge is -2.48. The summed E-state index contributed by atoms with van der Waals surface area (Å²) in [7, 11) is 0. The minimum Gasteiger partial charge on any atom is -0.480 e. The van der Waals surface area contributed by atoms with Gasteiger partial charge in [0, 0.05) is 35.7 Å². The highest BCUT2D eigenvalue weighted by atomic mass is 35.5. The van der Waals surface area contributed by atoms with E-state index < -0.39 is 34.6 Å². The zero-order chi connectivity index (χ0) is 41.2. The van der Waals surface area contributed by atoms with Crippen molar-refractivity contribution in [3.63, 3.8) is 0 Å². The Bertz CT molecular complexity index is 1670. The second kappa shape index (κ2) is 17.5. The van der Waals surface area contributed by atoms with E-state index in [1.807, 2.05) is 27.7 Å². The zero-order valence-electron chi connectivity index (χ0n) is 33.4. The Morgan fingerprint density at radius 1 is 0.614 bits per heavy atom. The summed E-state index contributed by atoms with van der Waals surface area (Å²) in [5.74, 6) is -4.61. The number of carbonyl (C=O) groups is 4. The zero-order valence-corrected chi connectivity index (χ0v) is 34.9. The van der Waals surface area contributed by atoms with Crippen molar-refractivity contribution in [1.82, 2.24) is 10.6 Å². The van der Waals surface area contributed by atoms with E-state index in [0.29, 0.717) is 48.9 Å². The number of halogens is 2. The van der Waals surface area contributed by atoms with Crippen LogP contribution in [0.5, 0.6) is 0 Å². The third kappa shape index (κ3) is 9.96. The summed E-state index contributed by atoms with van der Waals surface area (Å²) >= 11 is 12.3. The molecule has 4 aliphatic rings. The van der Waals surface area contributed by atoms with Gasteiger partial charge in [-0.1, -0.05) is 23.2 Å². The third-order valence-corrected chi connectivity index (χ3v) is 13.2. The highest BCUT2D eigenvalue weighted by molar-refractivity contribution is 6.31. The molecule has 2 saturated heterocycles. The second-order valence-electron chi connectivity index (χ2n) is 16.8. The van der Waals surface area contributed by atoms with E-state index in [0.717, 1.165) is 65.5 Å². The van der Waals surface area contributed by atoms with Gasteiger partial charge in [0.1, 0.15) is 11.1 Å². The average molecular weight is 832 g/mol. The summed E-state index contributed by atoms with van der Waals surface area (Å²) < 4.78 is 25.5. The van der Waals surface area contributed by atoms with Gasteiger partial charge in [-0.05, 0) is 143 Å². The molecule has 2 saturated carbocycles. The largest absolute Gasteiger partial charge is 0.480 e. The van der Waals surface area contributed by atoms with E-state index in [9.17, 15) is 29.4 Å². The molecule has 2 aliphatic carbocycles. The fourth-order valence-electron chi connectivity index (χ4n) is 9.33. The fourth-order valence-corrected chi connectivity index (χ4v) is 9.99. The molecule has 0 aromatic heterocycles. The Kier molecular flexibility index (Phi) is 13.3. The number of aliphatic carboxylic acids is 2. The van der Waals surface area contributed by atoms with Crippen LogP contribution in [0.3, 0.4) is 0 Å². The van der Waals surface area contributed by atoms with Crippen molar-refractivity contribution in [3.8, 4) is 0 Å². The van der Waals surface area contributed by atoms with E-state index in [4.69, 9.17) is 42.1 Å². The number of carboxylic acids is 2. The van der Waals surface area contributed by atoms with Crippen molar-refractivity contribution in [2.75, 3.05) is 13.2 Å². The van der Waals surface area contributed by atoms with Crippen LogP contribution in [0, 0.1) is 27.7 Å². The van der Waals surface area contributed by atoms with Gasteiger partial charge < -0.3 is 39.8 Å². The number of rotatable bonds is 12. The first-order valence-electron chi connectivity index (χ1n) is 20.2. The molecule has 2 aliphatic heterocycles. The van der Waals surface area contributed by atoms with Gasteiger partial charge >= 0.3 is 11.9 Å². The van der Waals surface area contributed by atoms with Gasteiger partial charge in [0.25, 0.3) is 0 Å². The first kappa shape index (κ1) is 43.3. The number of benzene rings is 2. The van der Waals surface area contributed by atoms with Gasteiger partial charge in [-0.3, -0.25) is 9.59 Å². The summed E-state index contributed by atoms with van der Waals surface area (Å²) in [6.07, 6.45) is 5.97. The standard InChI is InChI=1S/C43H56Cl2N2O10/c1-26-20-30(44)21-27(2)34(26)24-36(48)46-40(38(50)51)10-14-42(15-11-40)54-18-8-32(56-42)6-5-7-33-9-19-55-43(57-33)16-12-41(13-17-43,39(52)53)47-37(49)25-35-28(3)22-31(45)23-29(35)4/h20-23,32-33H,5-19,24-25H2,1-4H3,(H,46,48)(H,47,49)(H,50,51)(H,52,53). The molecule has 0 radical (unpaired) electrons. The minimum atomic E-state index is -1.41. The Morgan fingerprint density at radius 3 is 1.26 bits per heavy atom. The van der Waals surface area contributed by atoms with E-state index in [1.54, 1.807) is 24.3 Å². The van der Waals surface area contributed by atoms with Crippen molar-refractivity contribution < 1.29 is 48.3 Å². The summed E-state index contributed by atoms with van der Waals surface area (Å²) in [6, 6.07) is 7.21. The molecule has 6 rings (SSSR count). The van der Waals surface area contributed by atoms with Gasteiger partial charge in [0.2, 0.25) is 11.8 Å². The molecule has 312 valence electrons. The van der Waals surface area contributed by atoms with Crippen molar-refractivity contribution in [2.24, 2.45) is 0 Å². The first-order chi connectivity index (χ1) is 27.0. The molecule has 0 bridgehead atoms. The van der Waals surface area contributed by atoms with Crippen molar-refractivity contribution in [1.29, 1.82) is 0 Å². The number of amides is 2. The molecular weight excluding hydrogens is 775 g/mol. The Balaban J connectivity index is 0.971. The van der Waals surface area contributed by atoms with Gasteiger partial charge in [-0.2, -0.15) is 0 Å². The van der Waals surface area contributed by atoms with Crippen molar-refractivity contribution in [2.45, 2.75) is 159 Å². The molecule has 2 heterocycles. The van der Waals surface area contributed by atoms with E-state index in [2.05, 4.69) is 10.6 Å². The van der Waals surface area contributed by atoms with Crippen LogP contribution < -0.4 is 10.6 Å². The van der Waals surface area contributed by atoms with Crippen LogP contribution >= 0.6 is 23.2 Å². The van der Waals surface area contributed by atoms with Gasteiger partial charge in [0.15, 0.2) is 11.6 Å². The average Bonchev–Trinajstić information content (AvgIpc) is 3.14. The third-order valence-electron chi connectivity index (χ3n) is 12.7. The van der Waals surface area contributed by atoms with Crippen molar-refractivity contribution >= 4 is 47.0 Å².